The van der Waals surface area contributed by atoms with E-state index in [-0.39, 0.29) is 24.1 Å². The minimum atomic E-state index is -1.07. The van der Waals surface area contributed by atoms with E-state index in [1.165, 1.54) is 17.8 Å². The molecule has 1 atom stereocenters. The standard InChI is InChI=1S/C26H26N4O6S/c1-35-18-5-2-16-3-7-24(32)30(21(16)9-18)15-26(34)13-28(14-26)10-19-11-29(25(33)36-19)17-4-6-22-20(8-17)27-23(31)12-37-22/h2-9,19,34H,10-15H2,1H3,(H,27,31). The summed E-state index contributed by atoms with van der Waals surface area (Å²) in [5, 5.41) is 14.9. The molecule has 0 spiro atoms. The summed E-state index contributed by atoms with van der Waals surface area (Å²) in [6.07, 6.45) is -0.798. The number of aromatic nitrogens is 1. The summed E-state index contributed by atoms with van der Waals surface area (Å²) in [5.41, 5.74) is 0.813. The van der Waals surface area contributed by atoms with Crippen LogP contribution in [0.25, 0.3) is 10.9 Å². The molecule has 1 unspecified atom stereocenters. The Labute approximate surface area is 216 Å². The molecule has 4 heterocycles. The van der Waals surface area contributed by atoms with E-state index in [2.05, 4.69) is 5.32 Å². The molecule has 2 amide bonds. The number of hydrogen-bond acceptors (Lipinski definition) is 8. The fourth-order valence-corrected chi connectivity index (χ4v) is 6.01. The van der Waals surface area contributed by atoms with E-state index in [0.717, 1.165) is 10.3 Å². The lowest BCUT2D eigenvalue weighted by Gasteiger charge is -2.47. The summed E-state index contributed by atoms with van der Waals surface area (Å²) in [7, 11) is 1.57. The van der Waals surface area contributed by atoms with Crippen LogP contribution >= 0.6 is 11.8 Å². The van der Waals surface area contributed by atoms with E-state index in [1.54, 1.807) is 34.8 Å². The normalized spacial score (nSPS) is 20.8. The molecule has 1 aromatic heterocycles. The maximum Gasteiger partial charge on any atom is 0.414 e. The lowest BCUT2D eigenvalue weighted by atomic mass is 9.93. The molecule has 6 rings (SSSR count). The number of thioether (sulfide) groups is 1. The van der Waals surface area contributed by atoms with Gasteiger partial charge in [-0.25, -0.2) is 4.79 Å². The van der Waals surface area contributed by atoms with Crippen LogP contribution in [0.4, 0.5) is 16.2 Å². The number of hydrogen-bond donors (Lipinski definition) is 2. The summed E-state index contributed by atoms with van der Waals surface area (Å²) < 4.78 is 12.5. The van der Waals surface area contributed by atoms with Crippen LogP contribution in [0.1, 0.15) is 0 Å². The van der Waals surface area contributed by atoms with Crippen molar-refractivity contribution >= 4 is 46.0 Å². The average molecular weight is 523 g/mol. The van der Waals surface area contributed by atoms with Gasteiger partial charge in [0.15, 0.2) is 0 Å². The van der Waals surface area contributed by atoms with Gasteiger partial charge in [0, 0.05) is 42.3 Å². The molecule has 2 saturated heterocycles. The number of β-amino-alcohol motifs (C(OH)–C–C–N with tert-alkyl or cyclic N) is 1. The van der Waals surface area contributed by atoms with Crippen molar-refractivity contribution in [1.29, 1.82) is 0 Å². The van der Waals surface area contributed by atoms with Crippen LogP contribution in [0.15, 0.2) is 58.2 Å². The minimum absolute atomic E-state index is 0.0632. The molecular formula is C26H26N4O6S. The Morgan fingerprint density at radius 2 is 1.95 bits per heavy atom. The molecule has 192 valence electrons. The molecule has 2 aromatic carbocycles. The maximum absolute atomic E-state index is 12.6. The first-order chi connectivity index (χ1) is 17.8. The molecule has 0 saturated carbocycles. The van der Waals surface area contributed by atoms with E-state index < -0.39 is 11.7 Å². The van der Waals surface area contributed by atoms with Gasteiger partial charge in [-0.15, -0.1) is 11.8 Å². The highest BCUT2D eigenvalue weighted by molar-refractivity contribution is 8.00. The zero-order valence-corrected chi connectivity index (χ0v) is 21.0. The number of fused-ring (bicyclic) bond motifs is 2. The van der Waals surface area contributed by atoms with Crippen LogP contribution in [0.5, 0.6) is 5.75 Å². The van der Waals surface area contributed by atoms with Gasteiger partial charge in [-0.1, -0.05) is 0 Å². The van der Waals surface area contributed by atoms with Crippen LogP contribution in [0.2, 0.25) is 0 Å². The molecule has 3 aliphatic heterocycles. The highest BCUT2D eigenvalue weighted by Gasteiger charge is 2.44. The Morgan fingerprint density at radius 1 is 1.14 bits per heavy atom. The van der Waals surface area contributed by atoms with Crippen molar-refractivity contribution in [3.63, 3.8) is 0 Å². The smallest absolute Gasteiger partial charge is 0.414 e. The third-order valence-corrected chi connectivity index (χ3v) is 8.01. The fourth-order valence-electron chi connectivity index (χ4n) is 5.22. The quantitative estimate of drug-likeness (QED) is 0.506. The number of amides is 2. The van der Waals surface area contributed by atoms with Gasteiger partial charge in [0.2, 0.25) is 5.91 Å². The summed E-state index contributed by atoms with van der Waals surface area (Å²) >= 11 is 1.47. The molecule has 0 radical (unpaired) electrons. The van der Waals surface area contributed by atoms with Gasteiger partial charge in [-0.3, -0.25) is 19.4 Å². The second kappa shape index (κ2) is 9.09. The number of pyridine rings is 1. The van der Waals surface area contributed by atoms with Gasteiger partial charge in [0.1, 0.15) is 17.5 Å². The topological polar surface area (TPSA) is 113 Å². The number of carbonyl (C=O) groups is 2. The van der Waals surface area contributed by atoms with E-state index in [9.17, 15) is 19.5 Å². The van der Waals surface area contributed by atoms with Crippen molar-refractivity contribution in [3.8, 4) is 5.75 Å². The number of nitrogens with zero attached hydrogens (tertiary/aromatic N) is 3. The first-order valence-electron chi connectivity index (χ1n) is 12.0. The third-order valence-electron chi connectivity index (χ3n) is 6.93. The highest BCUT2D eigenvalue weighted by atomic mass is 32.2. The van der Waals surface area contributed by atoms with Crippen LogP contribution in [-0.2, 0) is 16.1 Å². The van der Waals surface area contributed by atoms with Gasteiger partial charge in [0.05, 0.1) is 37.2 Å². The van der Waals surface area contributed by atoms with Crippen LogP contribution in [-0.4, -0.2) is 77.3 Å². The highest BCUT2D eigenvalue weighted by Crippen LogP contribution is 2.36. The zero-order chi connectivity index (χ0) is 25.7. The number of rotatable bonds is 6. The maximum atomic E-state index is 12.6. The summed E-state index contributed by atoms with van der Waals surface area (Å²) in [4.78, 5) is 41.5. The number of carbonyl (C=O) groups excluding carboxylic acids is 2. The first kappa shape index (κ1) is 23.8. The average Bonchev–Trinajstić information content (AvgIpc) is 3.24. The molecule has 2 N–H and O–H groups in total. The van der Waals surface area contributed by atoms with E-state index >= 15 is 0 Å². The molecule has 37 heavy (non-hydrogen) atoms. The largest absolute Gasteiger partial charge is 0.497 e. The fraction of sp³-hybridized carbons (Fsp3) is 0.346. The summed E-state index contributed by atoms with van der Waals surface area (Å²) in [6.45, 7) is 1.71. The number of benzene rings is 2. The van der Waals surface area contributed by atoms with Crippen molar-refractivity contribution < 1.29 is 24.2 Å². The summed E-state index contributed by atoms with van der Waals surface area (Å²) in [5.74, 6) is 0.958. The molecular weight excluding hydrogens is 496 g/mol. The van der Waals surface area contributed by atoms with Gasteiger partial charge >= 0.3 is 6.09 Å². The number of likely N-dealkylation sites (tertiary alicyclic amines) is 1. The van der Waals surface area contributed by atoms with Gasteiger partial charge in [0.25, 0.3) is 5.56 Å². The van der Waals surface area contributed by atoms with Crippen molar-refractivity contribution in [2.45, 2.75) is 23.1 Å². The Hall–Kier alpha value is -3.54. The second-order valence-corrected chi connectivity index (χ2v) is 10.7. The number of cyclic esters (lactones) is 1. The Kier molecular flexibility index (Phi) is 5.85. The van der Waals surface area contributed by atoms with Crippen molar-refractivity contribution in [2.75, 3.05) is 49.3 Å². The molecule has 0 bridgehead atoms. The van der Waals surface area contributed by atoms with Crippen LogP contribution in [0, 0.1) is 0 Å². The van der Waals surface area contributed by atoms with Crippen molar-refractivity contribution in [1.82, 2.24) is 9.47 Å². The predicted molar refractivity (Wildman–Crippen MR) is 140 cm³/mol. The third kappa shape index (κ3) is 4.54. The van der Waals surface area contributed by atoms with E-state index in [1.807, 2.05) is 29.2 Å². The van der Waals surface area contributed by atoms with Gasteiger partial charge < -0.3 is 24.5 Å². The SMILES string of the molecule is COc1ccc2ccc(=O)n(CC3(O)CN(CC4CN(c5ccc6c(c5)NC(=O)CS6)C(=O)O4)C3)c2c1. The van der Waals surface area contributed by atoms with Crippen molar-refractivity contribution in [2.24, 2.45) is 0 Å². The monoisotopic (exact) mass is 522 g/mol. The lowest BCUT2D eigenvalue weighted by Crippen LogP contribution is -2.65. The van der Waals surface area contributed by atoms with E-state index in [0.29, 0.717) is 54.6 Å². The van der Waals surface area contributed by atoms with E-state index in [4.69, 9.17) is 9.47 Å². The predicted octanol–water partition coefficient (Wildman–Crippen LogP) is 2.13. The molecule has 3 aromatic rings. The minimum Gasteiger partial charge on any atom is -0.497 e. The number of methoxy groups -OCH3 is 1. The van der Waals surface area contributed by atoms with Crippen LogP contribution < -0.4 is 20.5 Å². The van der Waals surface area contributed by atoms with Gasteiger partial charge in [-0.2, -0.15) is 0 Å². The van der Waals surface area contributed by atoms with Crippen LogP contribution in [0.3, 0.4) is 0 Å². The molecule has 10 nitrogen and oxygen atoms in total. The summed E-state index contributed by atoms with van der Waals surface area (Å²) in [6, 6.07) is 14.3. The Bertz CT molecular complexity index is 1470. The molecule has 3 aliphatic rings. The molecule has 0 aliphatic carbocycles. The van der Waals surface area contributed by atoms with Gasteiger partial charge in [-0.05, 0) is 41.8 Å². The number of nitrogens with one attached hydrogen (secondary N) is 1. The Balaban J connectivity index is 1.10. The number of aliphatic hydroxyl groups is 1. The zero-order valence-electron chi connectivity index (χ0n) is 20.2. The molecule has 11 heteroatoms. The lowest BCUT2D eigenvalue weighted by molar-refractivity contribution is -0.115. The first-order valence-corrected chi connectivity index (χ1v) is 13.0. The Morgan fingerprint density at radius 3 is 2.76 bits per heavy atom. The number of anilines is 2. The molecule has 2 fully saturated rings. The van der Waals surface area contributed by atoms with Crippen molar-refractivity contribution in [3.05, 3.63) is 58.9 Å². The second-order valence-electron chi connectivity index (χ2n) is 9.71. The number of ether oxygens (including phenoxy) is 2.